The second-order valence-corrected chi connectivity index (χ2v) is 11.5. The third kappa shape index (κ3) is 3.18. The predicted octanol–water partition coefficient (Wildman–Crippen LogP) is 4.69. The molecule has 168 valence electrons. The molecule has 6 atom stereocenters. The lowest BCUT2D eigenvalue weighted by molar-refractivity contribution is -0.128. The van der Waals surface area contributed by atoms with Crippen molar-refractivity contribution < 1.29 is 14.0 Å². The summed E-state index contributed by atoms with van der Waals surface area (Å²) in [6, 6.07) is 3.78. The van der Waals surface area contributed by atoms with Gasteiger partial charge in [0.15, 0.2) is 0 Å². The van der Waals surface area contributed by atoms with Crippen molar-refractivity contribution >= 4 is 11.8 Å². The van der Waals surface area contributed by atoms with Crippen molar-refractivity contribution in [3.63, 3.8) is 0 Å². The van der Waals surface area contributed by atoms with Crippen molar-refractivity contribution in [1.29, 1.82) is 0 Å². The summed E-state index contributed by atoms with van der Waals surface area (Å²) in [5.41, 5.74) is -0.0918. The molecule has 2 N–H and O–H groups in total. The second kappa shape index (κ2) is 6.98. The molecule has 1 unspecified atom stereocenters. The largest absolute Gasteiger partial charge is 0.467 e. The van der Waals surface area contributed by atoms with Gasteiger partial charge in [-0.2, -0.15) is 0 Å². The van der Waals surface area contributed by atoms with Crippen LogP contribution in [0.25, 0.3) is 0 Å². The number of hydrogen-bond donors (Lipinski definition) is 2. The Morgan fingerprint density at radius 1 is 1.16 bits per heavy atom. The average molecular weight is 425 g/mol. The van der Waals surface area contributed by atoms with Gasteiger partial charge >= 0.3 is 0 Å². The van der Waals surface area contributed by atoms with E-state index in [2.05, 4.69) is 24.5 Å². The first-order chi connectivity index (χ1) is 14.6. The molecule has 2 heterocycles. The van der Waals surface area contributed by atoms with Crippen molar-refractivity contribution in [1.82, 2.24) is 10.6 Å². The molecule has 0 saturated heterocycles. The highest BCUT2D eigenvalue weighted by molar-refractivity contribution is 6.19. The van der Waals surface area contributed by atoms with Crippen LogP contribution in [0.15, 0.2) is 34.5 Å². The third-order valence-corrected chi connectivity index (χ3v) is 9.37. The minimum Gasteiger partial charge on any atom is -0.467 e. The van der Waals surface area contributed by atoms with Gasteiger partial charge in [0.05, 0.1) is 11.8 Å². The molecule has 5 nitrogen and oxygen atoms in total. The van der Waals surface area contributed by atoms with Crippen LogP contribution in [0.4, 0.5) is 0 Å². The molecule has 0 bridgehead atoms. The molecular weight excluding hydrogens is 388 g/mol. The number of nitrogens with one attached hydrogen (secondary N) is 2. The average Bonchev–Trinajstić information content (AvgIpc) is 3.37. The summed E-state index contributed by atoms with van der Waals surface area (Å²) < 4.78 is 5.50. The Kier molecular flexibility index (Phi) is 4.69. The van der Waals surface area contributed by atoms with Crippen molar-refractivity contribution in [2.24, 2.45) is 28.6 Å². The Balaban J connectivity index is 1.44. The quantitative estimate of drug-likeness (QED) is 0.692. The highest BCUT2D eigenvalue weighted by Crippen LogP contribution is 2.63. The fraction of sp³-hybridized carbons (Fsp3) is 0.692. The molecule has 3 fully saturated rings. The van der Waals surface area contributed by atoms with E-state index in [1.54, 1.807) is 6.26 Å². The number of furan rings is 1. The van der Waals surface area contributed by atoms with Crippen LogP contribution in [0.2, 0.25) is 0 Å². The zero-order valence-electron chi connectivity index (χ0n) is 19.3. The van der Waals surface area contributed by atoms with Crippen LogP contribution in [-0.4, -0.2) is 17.9 Å². The Labute approximate surface area is 185 Å². The zero-order valence-corrected chi connectivity index (χ0v) is 19.3. The predicted molar refractivity (Wildman–Crippen MR) is 119 cm³/mol. The maximum atomic E-state index is 13.2. The van der Waals surface area contributed by atoms with Gasteiger partial charge in [0.25, 0.3) is 11.8 Å². The van der Waals surface area contributed by atoms with E-state index in [-0.39, 0.29) is 28.8 Å². The SMILES string of the molecule is CC(C)(NC(=O)C1=C[C@@]2(C)C(CC[C@@H]3[C@H]2CC[C@]2(C)CCC[C@@H]32)NC1=O)c1ccco1. The van der Waals surface area contributed by atoms with Crippen molar-refractivity contribution in [3.8, 4) is 0 Å². The first kappa shape index (κ1) is 20.8. The molecule has 1 aliphatic heterocycles. The van der Waals surface area contributed by atoms with Crippen LogP contribution in [0.1, 0.15) is 78.4 Å². The van der Waals surface area contributed by atoms with Crippen molar-refractivity contribution in [3.05, 3.63) is 35.8 Å². The monoisotopic (exact) mass is 424 g/mol. The summed E-state index contributed by atoms with van der Waals surface area (Å²) >= 11 is 0. The molecular formula is C26H36N2O3. The Morgan fingerprint density at radius 2 is 1.97 bits per heavy atom. The number of carbonyl (C=O) groups is 2. The molecule has 0 aromatic carbocycles. The number of hydrogen-bond acceptors (Lipinski definition) is 3. The molecule has 1 aromatic rings. The maximum absolute atomic E-state index is 13.2. The molecule has 3 aliphatic carbocycles. The minimum atomic E-state index is -0.689. The summed E-state index contributed by atoms with van der Waals surface area (Å²) in [7, 11) is 0. The minimum absolute atomic E-state index is 0.127. The third-order valence-electron chi connectivity index (χ3n) is 9.37. The van der Waals surface area contributed by atoms with Gasteiger partial charge in [0.1, 0.15) is 11.3 Å². The fourth-order valence-corrected chi connectivity index (χ4v) is 7.65. The van der Waals surface area contributed by atoms with E-state index < -0.39 is 5.54 Å². The lowest BCUT2D eigenvalue weighted by atomic mass is 9.48. The first-order valence-corrected chi connectivity index (χ1v) is 12.0. The standard InChI is InChI=1S/C26H36N2O3/c1-24(2,21-8-6-14-31-21)28-23(30)17-15-26(4)19-11-13-25(3)12-5-7-18(25)16(19)9-10-20(26)27-22(17)29/h6,8,14-16,18-20H,5,7,9-13H2,1-4H3,(H,27,29)(H,28,30)/t16-,18-,19+,20?,25-,26+/m0/s1. The number of amides is 2. The summed E-state index contributed by atoms with van der Waals surface area (Å²) in [5, 5.41) is 6.25. The summed E-state index contributed by atoms with van der Waals surface area (Å²) in [5.74, 6) is 2.15. The lowest BCUT2D eigenvalue weighted by Gasteiger charge is -2.58. The number of carbonyl (C=O) groups excluding carboxylic acids is 2. The van der Waals surface area contributed by atoms with E-state index in [1.165, 1.54) is 38.5 Å². The van der Waals surface area contributed by atoms with Gasteiger partial charge in [-0.1, -0.05) is 26.3 Å². The highest BCUT2D eigenvalue weighted by atomic mass is 16.3. The van der Waals surface area contributed by atoms with E-state index in [1.807, 2.05) is 32.1 Å². The molecule has 3 saturated carbocycles. The molecule has 31 heavy (non-hydrogen) atoms. The van der Waals surface area contributed by atoms with Gasteiger partial charge in [-0.15, -0.1) is 0 Å². The van der Waals surface area contributed by atoms with Gasteiger partial charge in [0, 0.05) is 11.5 Å². The Morgan fingerprint density at radius 3 is 2.71 bits per heavy atom. The van der Waals surface area contributed by atoms with Crippen molar-refractivity contribution in [2.75, 3.05) is 0 Å². The summed E-state index contributed by atoms with van der Waals surface area (Å²) in [6.07, 6.45) is 12.4. The molecule has 5 rings (SSSR count). The van der Waals surface area contributed by atoms with Gasteiger partial charge < -0.3 is 15.1 Å². The topological polar surface area (TPSA) is 71.3 Å². The van der Waals surface area contributed by atoms with Gasteiger partial charge in [-0.05, 0) is 87.7 Å². The number of fused-ring (bicyclic) bond motifs is 5. The van der Waals surface area contributed by atoms with Crippen LogP contribution in [0, 0.1) is 28.6 Å². The normalized spacial score (nSPS) is 39.6. The lowest BCUT2D eigenvalue weighted by Crippen LogP contribution is -2.61. The van der Waals surface area contributed by atoms with Gasteiger partial charge in [-0.3, -0.25) is 9.59 Å². The van der Waals surface area contributed by atoms with E-state index in [0.29, 0.717) is 23.0 Å². The van der Waals surface area contributed by atoms with Crippen LogP contribution >= 0.6 is 0 Å². The number of rotatable bonds is 3. The molecule has 0 radical (unpaired) electrons. The Bertz CT molecular complexity index is 917. The Hall–Kier alpha value is -2.04. The first-order valence-electron chi connectivity index (χ1n) is 12.0. The van der Waals surface area contributed by atoms with Crippen LogP contribution < -0.4 is 10.6 Å². The van der Waals surface area contributed by atoms with Crippen molar-refractivity contribution in [2.45, 2.75) is 84.2 Å². The molecule has 0 spiro atoms. The van der Waals surface area contributed by atoms with Crippen LogP contribution in [0.5, 0.6) is 0 Å². The zero-order chi connectivity index (χ0) is 22.0. The smallest absolute Gasteiger partial charge is 0.257 e. The summed E-state index contributed by atoms with van der Waals surface area (Å²) in [4.78, 5) is 26.2. The van der Waals surface area contributed by atoms with E-state index in [9.17, 15) is 9.59 Å². The van der Waals surface area contributed by atoms with Gasteiger partial charge in [-0.25, -0.2) is 0 Å². The molecule has 4 aliphatic rings. The maximum Gasteiger partial charge on any atom is 0.257 e. The van der Waals surface area contributed by atoms with Crippen LogP contribution in [-0.2, 0) is 15.1 Å². The molecule has 1 aromatic heterocycles. The second-order valence-electron chi connectivity index (χ2n) is 11.5. The van der Waals surface area contributed by atoms with E-state index in [0.717, 1.165) is 12.3 Å². The van der Waals surface area contributed by atoms with Crippen LogP contribution in [0.3, 0.4) is 0 Å². The van der Waals surface area contributed by atoms with E-state index >= 15 is 0 Å². The molecule has 5 heteroatoms. The van der Waals surface area contributed by atoms with Gasteiger partial charge in [0.2, 0.25) is 0 Å². The highest BCUT2D eigenvalue weighted by Gasteiger charge is 2.58. The fourth-order valence-electron chi connectivity index (χ4n) is 7.65. The summed E-state index contributed by atoms with van der Waals surface area (Å²) in [6.45, 7) is 8.59. The molecule has 2 amide bonds. The van der Waals surface area contributed by atoms with E-state index in [4.69, 9.17) is 4.42 Å².